The topological polar surface area (TPSA) is 51.7 Å². The van der Waals surface area contributed by atoms with Crippen LogP contribution in [0, 0.1) is 11.8 Å². The third-order valence-electron chi connectivity index (χ3n) is 5.85. The molecule has 1 aromatic heterocycles. The fourth-order valence-corrected chi connectivity index (χ4v) is 4.19. The Morgan fingerprint density at radius 1 is 1.40 bits per heavy atom. The van der Waals surface area contributed by atoms with Gasteiger partial charge in [-0.25, -0.2) is 4.39 Å². The van der Waals surface area contributed by atoms with Crippen molar-refractivity contribution in [2.24, 2.45) is 11.8 Å². The summed E-state index contributed by atoms with van der Waals surface area (Å²) in [5.41, 5.74) is 0.745. The molecule has 3 heterocycles. The number of halogens is 1. The highest BCUT2D eigenvalue weighted by Gasteiger charge is 2.55. The average Bonchev–Trinajstić information content (AvgIpc) is 2.99. The van der Waals surface area contributed by atoms with Gasteiger partial charge in [0.1, 0.15) is 11.8 Å². The molecule has 6 heteroatoms. The minimum absolute atomic E-state index is 0.103. The molecular formula is C19H25FN2O3. The molecular weight excluding hydrogens is 323 g/mol. The Morgan fingerprint density at radius 2 is 2.24 bits per heavy atom. The van der Waals surface area contributed by atoms with Crippen molar-refractivity contribution in [3.05, 3.63) is 30.1 Å². The molecule has 1 amide bonds. The maximum Gasteiger partial charge on any atom is 0.226 e. The molecule has 1 saturated carbocycles. The molecule has 136 valence electrons. The van der Waals surface area contributed by atoms with Crippen LogP contribution in [0.1, 0.15) is 31.4 Å². The van der Waals surface area contributed by atoms with Crippen LogP contribution in [0.4, 0.5) is 4.39 Å². The van der Waals surface area contributed by atoms with Gasteiger partial charge in [0.25, 0.3) is 0 Å². The van der Waals surface area contributed by atoms with Crippen LogP contribution in [0.25, 0.3) is 0 Å². The van der Waals surface area contributed by atoms with Crippen molar-refractivity contribution in [2.45, 2.75) is 44.1 Å². The van der Waals surface area contributed by atoms with E-state index in [1.54, 1.807) is 6.20 Å². The summed E-state index contributed by atoms with van der Waals surface area (Å²) >= 11 is 0. The highest BCUT2D eigenvalue weighted by Crippen LogP contribution is 2.43. The van der Waals surface area contributed by atoms with E-state index in [9.17, 15) is 9.18 Å². The van der Waals surface area contributed by atoms with Gasteiger partial charge in [-0.2, -0.15) is 0 Å². The van der Waals surface area contributed by atoms with E-state index in [1.165, 1.54) is 0 Å². The van der Waals surface area contributed by atoms with Crippen molar-refractivity contribution in [3.63, 3.8) is 0 Å². The molecule has 0 aromatic carbocycles. The number of amides is 1. The van der Waals surface area contributed by atoms with Gasteiger partial charge < -0.3 is 14.4 Å². The molecule has 1 atom stereocenters. The number of hydrogen-bond donors (Lipinski definition) is 0. The van der Waals surface area contributed by atoms with Crippen LogP contribution >= 0.6 is 0 Å². The quantitative estimate of drug-likeness (QED) is 0.741. The molecule has 5 nitrogen and oxygen atoms in total. The summed E-state index contributed by atoms with van der Waals surface area (Å²) in [4.78, 5) is 18.4. The zero-order valence-corrected chi connectivity index (χ0v) is 14.4. The first-order chi connectivity index (χ1) is 12.2. The van der Waals surface area contributed by atoms with Crippen molar-refractivity contribution in [2.75, 3.05) is 26.3 Å². The first-order valence-electron chi connectivity index (χ1n) is 9.21. The lowest BCUT2D eigenvalue weighted by molar-refractivity contribution is -0.173. The van der Waals surface area contributed by atoms with Gasteiger partial charge in [-0.05, 0) is 43.7 Å². The number of ether oxygens (including phenoxy) is 2. The number of carbonyl (C=O) groups is 1. The molecule has 3 fully saturated rings. The molecule has 1 aliphatic carbocycles. The van der Waals surface area contributed by atoms with Crippen LogP contribution < -0.4 is 0 Å². The lowest BCUT2D eigenvalue weighted by atomic mass is 9.76. The molecule has 0 bridgehead atoms. The van der Waals surface area contributed by atoms with Gasteiger partial charge in [0.05, 0.1) is 25.4 Å². The Bertz CT molecular complexity index is 600. The zero-order chi connectivity index (χ0) is 17.3. The second-order valence-corrected chi connectivity index (χ2v) is 7.52. The summed E-state index contributed by atoms with van der Waals surface area (Å²) in [6, 6.07) is 5.81. The van der Waals surface area contributed by atoms with Crippen LogP contribution in [-0.4, -0.2) is 53.9 Å². The first kappa shape index (κ1) is 16.9. The van der Waals surface area contributed by atoms with Crippen LogP contribution in [0.15, 0.2) is 24.4 Å². The largest absolute Gasteiger partial charge is 0.375 e. The van der Waals surface area contributed by atoms with E-state index in [0.717, 1.165) is 25.1 Å². The standard InChI is InChI=1S/C19H25FN2O3/c20-16-9-14(10-16)18(23)22-12-19(13-22)15(5-8-25-19)4-7-24-11-17-3-1-2-6-21-17/h1-3,6,14-16H,4-5,7-13H2/t14?,15-,16?/m1/s1. The van der Waals surface area contributed by atoms with Crippen molar-refractivity contribution in [3.8, 4) is 0 Å². The number of likely N-dealkylation sites (tertiary alicyclic amines) is 1. The summed E-state index contributed by atoms with van der Waals surface area (Å²) in [6.45, 7) is 3.27. The average molecular weight is 348 g/mol. The van der Waals surface area contributed by atoms with E-state index < -0.39 is 6.17 Å². The van der Waals surface area contributed by atoms with Gasteiger partial charge in [-0.3, -0.25) is 9.78 Å². The van der Waals surface area contributed by atoms with E-state index >= 15 is 0 Å². The van der Waals surface area contributed by atoms with E-state index in [2.05, 4.69) is 4.98 Å². The van der Waals surface area contributed by atoms with E-state index in [0.29, 0.717) is 45.1 Å². The Labute approximate surface area is 147 Å². The highest BCUT2D eigenvalue weighted by molar-refractivity contribution is 5.81. The lowest BCUT2D eigenvalue weighted by Gasteiger charge is -2.52. The van der Waals surface area contributed by atoms with Gasteiger partial charge >= 0.3 is 0 Å². The maximum atomic E-state index is 13.0. The number of hydrogen-bond acceptors (Lipinski definition) is 4. The second-order valence-electron chi connectivity index (χ2n) is 7.52. The van der Waals surface area contributed by atoms with Crippen molar-refractivity contribution < 1.29 is 18.7 Å². The SMILES string of the molecule is O=C(C1CC(F)C1)N1CC2(C1)OCC[C@H]2CCOCc1ccccn1. The van der Waals surface area contributed by atoms with Gasteiger partial charge in [0.2, 0.25) is 5.91 Å². The van der Waals surface area contributed by atoms with Crippen molar-refractivity contribution in [1.29, 1.82) is 0 Å². The monoisotopic (exact) mass is 348 g/mol. The fraction of sp³-hybridized carbons (Fsp3) is 0.684. The normalized spacial score (nSPS) is 30.1. The number of rotatable bonds is 6. The summed E-state index contributed by atoms with van der Waals surface area (Å²) in [5, 5.41) is 0. The fourth-order valence-electron chi connectivity index (χ4n) is 4.19. The maximum absolute atomic E-state index is 13.0. The summed E-state index contributed by atoms with van der Waals surface area (Å²) in [7, 11) is 0. The Morgan fingerprint density at radius 3 is 2.96 bits per heavy atom. The minimum Gasteiger partial charge on any atom is -0.375 e. The summed E-state index contributed by atoms with van der Waals surface area (Å²) < 4.78 is 24.7. The van der Waals surface area contributed by atoms with Crippen molar-refractivity contribution >= 4 is 5.91 Å². The number of alkyl halides is 1. The number of aromatic nitrogens is 1. The highest BCUT2D eigenvalue weighted by atomic mass is 19.1. The molecule has 0 radical (unpaired) electrons. The van der Waals surface area contributed by atoms with Crippen molar-refractivity contribution in [1.82, 2.24) is 9.88 Å². The third kappa shape index (κ3) is 3.42. The smallest absolute Gasteiger partial charge is 0.226 e. The Kier molecular flexibility index (Phi) is 4.73. The lowest BCUT2D eigenvalue weighted by Crippen LogP contribution is -2.67. The second kappa shape index (κ2) is 7.00. The number of nitrogens with zero attached hydrogens (tertiary/aromatic N) is 2. The molecule has 2 aliphatic heterocycles. The van der Waals surface area contributed by atoms with Gasteiger partial charge in [-0.15, -0.1) is 0 Å². The van der Waals surface area contributed by atoms with Crippen LogP contribution in [-0.2, 0) is 20.9 Å². The zero-order valence-electron chi connectivity index (χ0n) is 14.4. The minimum atomic E-state index is -0.782. The molecule has 3 aliphatic rings. The Balaban J connectivity index is 1.21. The molecule has 0 unspecified atom stereocenters. The molecule has 2 saturated heterocycles. The van der Waals surface area contributed by atoms with Crippen LogP contribution in [0.5, 0.6) is 0 Å². The predicted octanol–water partition coefficient (Wildman–Crippen LogP) is 2.35. The molecule has 1 aromatic rings. The number of carbonyl (C=O) groups excluding carboxylic acids is 1. The molecule has 0 N–H and O–H groups in total. The summed E-state index contributed by atoms with van der Waals surface area (Å²) in [6.07, 6.45) is 3.74. The third-order valence-corrected chi connectivity index (χ3v) is 5.85. The summed E-state index contributed by atoms with van der Waals surface area (Å²) in [5.74, 6) is 0.435. The molecule has 25 heavy (non-hydrogen) atoms. The van der Waals surface area contributed by atoms with Gasteiger partial charge in [0, 0.05) is 25.3 Å². The van der Waals surface area contributed by atoms with Gasteiger partial charge in [-0.1, -0.05) is 6.07 Å². The van der Waals surface area contributed by atoms with Crippen LogP contribution in [0.2, 0.25) is 0 Å². The first-order valence-corrected chi connectivity index (χ1v) is 9.21. The van der Waals surface area contributed by atoms with Crippen LogP contribution in [0.3, 0.4) is 0 Å². The number of pyridine rings is 1. The molecule has 1 spiro atoms. The van der Waals surface area contributed by atoms with E-state index in [1.807, 2.05) is 23.1 Å². The predicted molar refractivity (Wildman–Crippen MR) is 89.5 cm³/mol. The Hall–Kier alpha value is -1.53. The van der Waals surface area contributed by atoms with Gasteiger partial charge in [0.15, 0.2) is 0 Å². The van der Waals surface area contributed by atoms with E-state index in [4.69, 9.17) is 9.47 Å². The van der Waals surface area contributed by atoms with E-state index in [-0.39, 0.29) is 17.4 Å². The molecule has 4 rings (SSSR count).